The largest absolute Gasteiger partial charge is 0.454 e. The number of nitrogens with zero attached hydrogens (tertiary/aromatic N) is 1. The van der Waals surface area contributed by atoms with E-state index in [1.54, 1.807) is 60.8 Å². The average molecular weight is 442 g/mol. The van der Waals surface area contributed by atoms with Gasteiger partial charge in [0.15, 0.2) is 11.5 Å². The molecule has 2 N–H and O–H groups in total. The minimum Gasteiger partial charge on any atom is -0.454 e. The molecule has 30 heavy (non-hydrogen) atoms. The van der Waals surface area contributed by atoms with Gasteiger partial charge < -0.3 is 20.1 Å². The Hall–Kier alpha value is -3.23. The summed E-state index contributed by atoms with van der Waals surface area (Å²) in [5.74, 6) is 0.676. The zero-order chi connectivity index (χ0) is 20.9. The van der Waals surface area contributed by atoms with Crippen LogP contribution in [0.15, 0.2) is 65.8 Å². The van der Waals surface area contributed by atoms with E-state index in [0.717, 1.165) is 0 Å². The summed E-state index contributed by atoms with van der Waals surface area (Å²) in [6.45, 7) is 0.156. The molecule has 7 nitrogen and oxygen atoms in total. The molecule has 1 aliphatic heterocycles. The molecule has 0 bridgehead atoms. The first-order chi connectivity index (χ1) is 14.6. The molecule has 2 aromatic carbocycles. The number of carbonyl (C=O) groups excluding carboxylic acids is 2. The second kappa shape index (κ2) is 9.06. The minimum atomic E-state index is -0.356. The Morgan fingerprint density at radius 3 is 2.73 bits per heavy atom. The maximum Gasteiger partial charge on any atom is 0.257 e. The van der Waals surface area contributed by atoms with Gasteiger partial charge in [-0.05, 0) is 36.4 Å². The van der Waals surface area contributed by atoms with Crippen molar-refractivity contribution in [2.45, 2.75) is 5.03 Å². The third-order valence-electron chi connectivity index (χ3n) is 4.14. The molecule has 1 aromatic heterocycles. The molecule has 0 fully saturated rings. The zero-order valence-electron chi connectivity index (χ0n) is 15.6. The van der Waals surface area contributed by atoms with E-state index in [2.05, 4.69) is 15.6 Å². The van der Waals surface area contributed by atoms with Crippen molar-refractivity contribution in [2.75, 3.05) is 23.2 Å². The molecule has 1 aliphatic rings. The van der Waals surface area contributed by atoms with E-state index in [1.165, 1.54) is 11.8 Å². The predicted octanol–water partition coefficient (Wildman–Crippen LogP) is 4.45. The summed E-state index contributed by atoms with van der Waals surface area (Å²) in [5, 5.41) is 6.64. The molecule has 0 spiro atoms. The molecule has 9 heteroatoms. The van der Waals surface area contributed by atoms with Gasteiger partial charge in [-0.3, -0.25) is 9.59 Å². The van der Waals surface area contributed by atoms with Crippen molar-refractivity contribution in [1.82, 2.24) is 4.98 Å². The van der Waals surface area contributed by atoms with Crippen LogP contribution >= 0.6 is 23.4 Å². The summed E-state index contributed by atoms with van der Waals surface area (Å²) in [6.07, 6.45) is 1.61. The van der Waals surface area contributed by atoms with Gasteiger partial charge in [0.2, 0.25) is 12.7 Å². The van der Waals surface area contributed by atoms with Crippen LogP contribution in [-0.4, -0.2) is 29.3 Å². The van der Waals surface area contributed by atoms with Crippen LogP contribution in [0, 0.1) is 0 Å². The summed E-state index contributed by atoms with van der Waals surface area (Å²) >= 11 is 7.28. The number of fused-ring (bicyclic) bond motifs is 1. The molecule has 152 valence electrons. The first-order valence-corrected chi connectivity index (χ1v) is 10.3. The maximum atomic E-state index is 12.8. The van der Waals surface area contributed by atoms with Crippen molar-refractivity contribution in [3.63, 3.8) is 0 Å². The Kier molecular flexibility index (Phi) is 6.06. The number of rotatable bonds is 6. The number of hydrogen-bond donors (Lipinski definition) is 2. The number of para-hydroxylation sites is 1. The number of hydrogen-bond acceptors (Lipinski definition) is 6. The van der Waals surface area contributed by atoms with Gasteiger partial charge in [0.05, 0.1) is 22.0 Å². The monoisotopic (exact) mass is 441 g/mol. The highest BCUT2D eigenvalue weighted by Crippen LogP contribution is 2.34. The number of ether oxygens (including phenoxy) is 2. The standard InChI is InChI=1S/C21H16ClN3O4S/c22-15-5-3-9-23-21(15)30-11-19(26)25-16-6-2-1-4-14(16)20(27)24-13-7-8-17-18(10-13)29-12-28-17/h1-10H,11-12H2,(H,24,27)(H,25,26). The normalized spacial score (nSPS) is 11.8. The van der Waals surface area contributed by atoms with Crippen LogP contribution in [-0.2, 0) is 4.79 Å². The van der Waals surface area contributed by atoms with Crippen molar-refractivity contribution >= 4 is 46.6 Å². The highest BCUT2D eigenvalue weighted by atomic mass is 35.5. The summed E-state index contributed by atoms with van der Waals surface area (Å²) in [5.41, 5.74) is 1.31. The number of nitrogens with one attached hydrogen (secondary N) is 2. The number of aromatic nitrogens is 1. The lowest BCUT2D eigenvalue weighted by Crippen LogP contribution is -2.19. The van der Waals surface area contributed by atoms with E-state index < -0.39 is 0 Å². The van der Waals surface area contributed by atoms with Crippen LogP contribution in [0.3, 0.4) is 0 Å². The van der Waals surface area contributed by atoms with Crippen molar-refractivity contribution in [2.24, 2.45) is 0 Å². The van der Waals surface area contributed by atoms with E-state index in [-0.39, 0.29) is 24.4 Å². The third kappa shape index (κ3) is 4.67. The fourth-order valence-electron chi connectivity index (χ4n) is 2.76. The van der Waals surface area contributed by atoms with Crippen molar-refractivity contribution in [3.8, 4) is 11.5 Å². The van der Waals surface area contributed by atoms with Crippen molar-refractivity contribution in [1.29, 1.82) is 0 Å². The Balaban J connectivity index is 1.42. The van der Waals surface area contributed by atoms with E-state index in [4.69, 9.17) is 21.1 Å². The van der Waals surface area contributed by atoms with Crippen molar-refractivity contribution in [3.05, 3.63) is 71.4 Å². The molecule has 0 unspecified atom stereocenters. The van der Waals surface area contributed by atoms with Gasteiger partial charge in [-0.25, -0.2) is 4.98 Å². The molecule has 4 rings (SSSR count). The van der Waals surface area contributed by atoms with Gasteiger partial charge >= 0.3 is 0 Å². The SMILES string of the molecule is O=C(CSc1ncccc1Cl)Nc1ccccc1C(=O)Nc1ccc2c(c1)OCO2. The van der Waals surface area contributed by atoms with E-state index >= 15 is 0 Å². The van der Waals surface area contributed by atoms with E-state index in [0.29, 0.717) is 38.5 Å². The van der Waals surface area contributed by atoms with Crippen LogP contribution in [0.4, 0.5) is 11.4 Å². The number of carbonyl (C=O) groups is 2. The molecular weight excluding hydrogens is 426 g/mol. The Morgan fingerprint density at radius 1 is 1.03 bits per heavy atom. The first kappa shape index (κ1) is 20.1. The minimum absolute atomic E-state index is 0.106. The molecule has 0 radical (unpaired) electrons. The van der Waals surface area contributed by atoms with Crippen LogP contribution in [0.2, 0.25) is 5.02 Å². The van der Waals surface area contributed by atoms with Gasteiger partial charge in [0.1, 0.15) is 5.03 Å². The average Bonchev–Trinajstić information content (AvgIpc) is 3.21. The number of amides is 2. The topological polar surface area (TPSA) is 89.6 Å². The van der Waals surface area contributed by atoms with Gasteiger partial charge in [-0.2, -0.15) is 0 Å². The lowest BCUT2D eigenvalue weighted by Gasteiger charge is -2.12. The molecule has 2 heterocycles. The summed E-state index contributed by atoms with van der Waals surface area (Å²) < 4.78 is 10.6. The Labute approximate surface area is 181 Å². The Morgan fingerprint density at radius 2 is 1.87 bits per heavy atom. The molecule has 0 aliphatic carbocycles. The number of benzene rings is 2. The predicted molar refractivity (Wildman–Crippen MR) is 116 cm³/mol. The third-order valence-corrected chi connectivity index (χ3v) is 5.56. The second-order valence-corrected chi connectivity index (χ2v) is 7.57. The van der Waals surface area contributed by atoms with Gasteiger partial charge in [0, 0.05) is 18.0 Å². The number of pyridine rings is 1. The smallest absolute Gasteiger partial charge is 0.257 e. The van der Waals surface area contributed by atoms with Gasteiger partial charge in [-0.15, -0.1) is 0 Å². The molecule has 0 saturated carbocycles. The lowest BCUT2D eigenvalue weighted by molar-refractivity contribution is -0.113. The van der Waals surface area contributed by atoms with Crippen LogP contribution < -0.4 is 20.1 Å². The summed E-state index contributed by atoms with van der Waals surface area (Å²) in [4.78, 5) is 29.3. The highest BCUT2D eigenvalue weighted by molar-refractivity contribution is 8.00. The first-order valence-electron chi connectivity index (χ1n) is 8.93. The molecule has 2 amide bonds. The number of anilines is 2. The quantitative estimate of drug-likeness (QED) is 0.549. The molecule has 3 aromatic rings. The summed E-state index contributed by atoms with van der Waals surface area (Å²) in [6, 6.07) is 15.4. The van der Waals surface area contributed by atoms with Crippen molar-refractivity contribution < 1.29 is 19.1 Å². The lowest BCUT2D eigenvalue weighted by atomic mass is 10.1. The van der Waals surface area contributed by atoms with Gasteiger partial charge in [0.25, 0.3) is 5.91 Å². The summed E-state index contributed by atoms with van der Waals surface area (Å²) in [7, 11) is 0. The second-order valence-electron chi connectivity index (χ2n) is 6.19. The maximum absolute atomic E-state index is 12.8. The van der Waals surface area contributed by atoms with E-state index in [9.17, 15) is 9.59 Å². The highest BCUT2D eigenvalue weighted by Gasteiger charge is 2.17. The zero-order valence-corrected chi connectivity index (χ0v) is 17.1. The van der Waals surface area contributed by atoms with Gasteiger partial charge in [-0.1, -0.05) is 35.5 Å². The molecular formula is C21H16ClN3O4S. The van der Waals surface area contributed by atoms with Crippen LogP contribution in [0.5, 0.6) is 11.5 Å². The van der Waals surface area contributed by atoms with E-state index in [1.807, 2.05) is 0 Å². The molecule has 0 atom stereocenters. The fraction of sp³-hybridized carbons (Fsp3) is 0.0952. The Bertz CT molecular complexity index is 1110. The fourth-order valence-corrected chi connectivity index (χ4v) is 3.73. The molecule has 0 saturated heterocycles. The number of thioether (sulfide) groups is 1. The van der Waals surface area contributed by atoms with Crippen LogP contribution in [0.1, 0.15) is 10.4 Å². The van der Waals surface area contributed by atoms with Crippen LogP contribution in [0.25, 0.3) is 0 Å². The number of halogens is 1.